The maximum atomic E-state index is 10.2. The molecule has 0 amide bonds. The summed E-state index contributed by atoms with van der Waals surface area (Å²) < 4.78 is -0.516. The van der Waals surface area contributed by atoms with Crippen LogP contribution in [0, 0.1) is 11.8 Å². The van der Waals surface area contributed by atoms with E-state index in [1.54, 1.807) is 6.08 Å². The normalized spacial score (nSPS) is 12.9. The van der Waals surface area contributed by atoms with Gasteiger partial charge in [-0.05, 0) is 24.1 Å². The smallest absolute Gasteiger partial charge is 0.140 e. The van der Waals surface area contributed by atoms with Crippen LogP contribution in [0.2, 0.25) is 0 Å². The van der Waals surface area contributed by atoms with Crippen LogP contribution in [-0.2, 0) is 0 Å². The van der Waals surface area contributed by atoms with Crippen molar-refractivity contribution in [3.63, 3.8) is 0 Å². The van der Waals surface area contributed by atoms with Gasteiger partial charge in [0.2, 0.25) is 0 Å². The quantitative estimate of drug-likeness (QED) is 0.270. The Labute approximate surface area is 157 Å². The number of rotatable bonds is 9. The largest absolute Gasteiger partial charge is 0.378 e. The van der Waals surface area contributed by atoms with Crippen molar-refractivity contribution in [2.45, 2.75) is 61.2 Å². The summed E-state index contributed by atoms with van der Waals surface area (Å²) in [6, 6.07) is 10.0. The van der Waals surface area contributed by atoms with E-state index in [0.29, 0.717) is 0 Å². The Morgan fingerprint density at radius 3 is 2.43 bits per heavy atom. The average molecular weight is 442 g/mol. The first-order valence-electron chi connectivity index (χ1n) is 8.35. The Bertz CT molecular complexity index is 511. The highest BCUT2D eigenvalue weighted by atomic mass is 79.9. The molecule has 1 aromatic carbocycles. The molecule has 0 aromatic heterocycles. The fourth-order valence-corrected chi connectivity index (χ4v) is 3.00. The number of unbranched alkanes of at least 4 members (excludes halogenated alkanes) is 5. The van der Waals surface area contributed by atoms with Crippen LogP contribution in [0.5, 0.6) is 0 Å². The van der Waals surface area contributed by atoms with Gasteiger partial charge in [0.1, 0.15) is 9.34 Å². The summed E-state index contributed by atoms with van der Waals surface area (Å²) in [5.74, 6) is 5.80. The number of hydrogen-bond donors (Lipinski definition) is 1. The van der Waals surface area contributed by atoms with Crippen molar-refractivity contribution in [2.24, 2.45) is 0 Å². The van der Waals surface area contributed by atoms with Gasteiger partial charge >= 0.3 is 0 Å². The van der Waals surface area contributed by atoms with Crippen LogP contribution in [0.1, 0.15) is 57.4 Å². The Morgan fingerprint density at radius 2 is 1.74 bits per heavy atom. The van der Waals surface area contributed by atoms with Gasteiger partial charge in [0, 0.05) is 0 Å². The van der Waals surface area contributed by atoms with E-state index in [2.05, 4.69) is 50.6 Å². The molecule has 0 bridgehead atoms. The molecule has 23 heavy (non-hydrogen) atoms. The lowest BCUT2D eigenvalue weighted by molar-refractivity contribution is 0.217. The Kier molecular flexibility index (Phi) is 10.6. The lowest BCUT2D eigenvalue weighted by atomic mass is 10.1. The highest BCUT2D eigenvalue weighted by Gasteiger charge is 2.30. The molecule has 0 fully saturated rings. The molecule has 1 aromatic rings. The molecule has 1 unspecified atom stereocenters. The minimum atomic E-state index is -0.737. The predicted octanol–water partition coefficient (Wildman–Crippen LogP) is 6.30. The van der Waals surface area contributed by atoms with Crippen molar-refractivity contribution >= 4 is 37.9 Å². The number of aliphatic hydroxyl groups excluding tert-OH is 1. The molecular formula is C20H26Br2O. The van der Waals surface area contributed by atoms with Crippen LogP contribution in [-0.4, -0.2) is 14.4 Å². The van der Waals surface area contributed by atoms with Crippen molar-refractivity contribution in [1.82, 2.24) is 0 Å². The van der Waals surface area contributed by atoms with Crippen LogP contribution in [0.4, 0.5) is 0 Å². The van der Waals surface area contributed by atoms with E-state index in [-0.39, 0.29) is 0 Å². The van der Waals surface area contributed by atoms with Gasteiger partial charge in [-0.15, -0.1) is 0 Å². The lowest BCUT2D eigenvalue weighted by Crippen LogP contribution is -2.28. The zero-order valence-corrected chi connectivity index (χ0v) is 16.9. The molecule has 0 aliphatic carbocycles. The van der Waals surface area contributed by atoms with E-state index in [0.717, 1.165) is 18.4 Å². The Morgan fingerprint density at radius 1 is 1.09 bits per heavy atom. The molecule has 0 heterocycles. The van der Waals surface area contributed by atoms with Gasteiger partial charge in [0.25, 0.3) is 0 Å². The number of benzene rings is 1. The molecule has 1 atom stereocenters. The van der Waals surface area contributed by atoms with E-state index in [4.69, 9.17) is 0 Å². The number of alkyl halides is 2. The van der Waals surface area contributed by atoms with Gasteiger partial charge in [-0.25, -0.2) is 0 Å². The molecule has 0 aliphatic heterocycles. The molecule has 0 saturated carbocycles. The van der Waals surface area contributed by atoms with E-state index in [1.165, 1.54) is 32.1 Å². The van der Waals surface area contributed by atoms with Crippen molar-refractivity contribution in [1.29, 1.82) is 0 Å². The van der Waals surface area contributed by atoms with Crippen LogP contribution in [0.3, 0.4) is 0 Å². The maximum absolute atomic E-state index is 10.2. The third-order valence-electron chi connectivity index (χ3n) is 3.64. The van der Waals surface area contributed by atoms with Gasteiger partial charge in [-0.2, -0.15) is 0 Å². The summed E-state index contributed by atoms with van der Waals surface area (Å²) in [6.45, 7) is 2.23. The van der Waals surface area contributed by atoms with Gasteiger partial charge < -0.3 is 5.11 Å². The molecule has 0 saturated heterocycles. The van der Waals surface area contributed by atoms with E-state index in [1.807, 2.05) is 36.4 Å². The maximum Gasteiger partial charge on any atom is 0.140 e. The number of halogens is 2. The first-order chi connectivity index (χ1) is 11.1. The summed E-state index contributed by atoms with van der Waals surface area (Å²) >= 11 is 7.13. The van der Waals surface area contributed by atoms with Crippen molar-refractivity contribution in [3.05, 3.63) is 42.0 Å². The van der Waals surface area contributed by atoms with E-state index >= 15 is 0 Å². The SMILES string of the molecule is CCCCCCCCC(Br)(Br)C(O)C#C/C=C/c1ccccc1. The summed E-state index contributed by atoms with van der Waals surface area (Å²) in [5, 5.41) is 10.2. The molecule has 0 aliphatic rings. The molecule has 0 radical (unpaired) electrons. The summed E-state index contributed by atoms with van der Waals surface area (Å²) in [6.07, 6.45) is 11.3. The minimum Gasteiger partial charge on any atom is -0.378 e. The predicted molar refractivity (Wildman–Crippen MR) is 108 cm³/mol. The lowest BCUT2D eigenvalue weighted by Gasteiger charge is -2.22. The first kappa shape index (κ1) is 20.5. The average Bonchev–Trinajstić information content (AvgIpc) is 2.55. The van der Waals surface area contributed by atoms with Gasteiger partial charge in [0.15, 0.2) is 0 Å². The highest BCUT2D eigenvalue weighted by Crippen LogP contribution is 2.35. The molecule has 1 nitrogen and oxygen atoms in total. The molecular weight excluding hydrogens is 416 g/mol. The van der Waals surface area contributed by atoms with Crippen LogP contribution < -0.4 is 0 Å². The Hall–Kier alpha value is -0.560. The van der Waals surface area contributed by atoms with Crippen LogP contribution in [0.25, 0.3) is 6.08 Å². The van der Waals surface area contributed by atoms with Gasteiger partial charge in [0.05, 0.1) is 0 Å². The monoisotopic (exact) mass is 440 g/mol. The third-order valence-corrected chi connectivity index (χ3v) is 5.30. The number of allylic oxidation sites excluding steroid dienone is 1. The molecule has 1 N–H and O–H groups in total. The fourth-order valence-electron chi connectivity index (χ4n) is 2.21. The second kappa shape index (κ2) is 11.9. The van der Waals surface area contributed by atoms with E-state index in [9.17, 15) is 5.11 Å². The fraction of sp³-hybridized carbons (Fsp3) is 0.500. The standard InChI is InChI=1S/C20H26Br2O/c1-2-3-4-5-6-12-17-20(21,22)19(23)16-11-10-15-18-13-8-7-9-14-18/h7-10,13-15,19,23H,2-6,12,17H2,1H3/b15-10+. The first-order valence-corrected chi connectivity index (χ1v) is 9.93. The second-order valence-electron chi connectivity index (χ2n) is 5.71. The minimum absolute atomic E-state index is 0.516. The number of aliphatic hydroxyl groups is 1. The molecule has 0 spiro atoms. The Balaban J connectivity index is 2.35. The number of hydrogen-bond acceptors (Lipinski definition) is 1. The van der Waals surface area contributed by atoms with Crippen LogP contribution in [0.15, 0.2) is 36.4 Å². The molecule has 126 valence electrons. The topological polar surface area (TPSA) is 20.2 Å². The van der Waals surface area contributed by atoms with Crippen molar-refractivity contribution in [2.75, 3.05) is 0 Å². The van der Waals surface area contributed by atoms with Crippen molar-refractivity contribution < 1.29 is 5.11 Å². The van der Waals surface area contributed by atoms with Gasteiger partial charge in [-0.1, -0.05) is 119 Å². The van der Waals surface area contributed by atoms with Gasteiger partial charge in [-0.3, -0.25) is 0 Å². The third kappa shape index (κ3) is 9.35. The second-order valence-corrected chi connectivity index (χ2v) is 9.61. The van der Waals surface area contributed by atoms with Crippen molar-refractivity contribution in [3.8, 4) is 11.8 Å². The van der Waals surface area contributed by atoms with Crippen LogP contribution >= 0.6 is 31.9 Å². The summed E-state index contributed by atoms with van der Waals surface area (Å²) in [5.41, 5.74) is 1.10. The summed E-state index contributed by atoms with van der Waals surface area (Å²) in [7, 11) is 0. The molecule has 3 heteroatoms. The summed E-state index contributed by atoms with van der Waals surface area (Å²) in [4.78, 5) is 0. The van der Waals surface area contributed by atoms with E-state index < -0.39 is 9.34 Å². The zero-order chi connectivity index (χ0) is 17.0. The molecule has 1 rings (SSSR count). The zero-order valence-electron chi connectivity index (χ0n) is 13.8. The highest BCUT2D eigenvalue weighted by molar-refractivity contribution is 9.25.